The monoisotopic (exact) mass is 290 g/mol. The third-order valence-corrected chi connectivity index (χ3v) is 3.14. The van der Waals surface area contributed by atoms with E-state index in [2.05, 4.69) is 6.58 Å². The minimum atomic E-state index is -0.939. The predicted molar refractivity (Wildman–Crippen MR) is 81.8 cm³/mol. The lowest BCUT2D eigenvalue weighted by Crippen LogP contribution is -2.00. The second-order valence-corrected chi connectivity index (χ2v) is 5.05. The van der Waals surface area contributed by atoms with Crippen LogP contribution in [-0.2, 0) is 4.79 Å². The van der Waals surface area contributed by atoms with Crippen molar-refractivity contribution in [2.45, 2.75) is 39.0 Å². The summed E-state index contributed by atoms with van der Waals surface area (Å²) in [6.45, 7) is 5.97. The van der Waals surface area contributed by atoms with E-state index in [1.54, 1.807) is 19.1 Å². The number of aromatic carboxylic acids is 1. The van der Waals surface area contributed by atoms with Gasteiger partial charge in [0.15, 0.2) is 5.78 Å². The first kappa shape index (κ1) is 17.0. The van der Waals surface area contributed by atoms with Gasteiger partial charge in [0.25, 0.3) is 0 Å². The van der Waals surface area contributed by atoms with Crippen LogP contribution in [0.1, 0.15) is 49.4 Å². The summed E-state index contributed by atoms with van der Waals surface area (Å²) in [5, 5.41) is 8.78. The molecule has 114 valence electrons. The van der Waals surface area contributed by atoms with Crippen molar-refractivity contribution in [1.82, 2.24) is 0 Å². The topological polar surface area (TPSA) is 63.6 Å². The first-order valence-electron chi connectivity index (χ1n) is 7.15. The van der Waals surface area contributed by atoms with Crippen LogP contribution >= 0.6 is 0 Å². The van der Waals surface area contributed by atoms with E-state index < -0.39 is 5.97 Å². The third kappa shape index (κ3) is 6.75. The highest BCUT2D eigenvalue weighted by Gasteiger charge is 2.03. The van der Waals surface area contributed by atoms with Crippen molar-refractivity contribution in [1.29, 1.82) is 0 Å². The van der Waals surface area contributed by atoms with Gasteiger partial charge in [-0.1, -0.05) is 19.4 Å². The number of ketones is 1. The number of carboxylic acid groups (broad SMARTS) is 1. The largest absolute Gasteiger partial charge is 0.494 e. The average Bonchev–Trinajstić information content (AvgIpc) is 2.46. The van der Waals surface area contributed by atoms with E-state index in [1.165, 1.54) is 12.1 Å². The van der Waals surface area contributed by atoms with Crippen LogP contribution in [0.5, 0.6) is 5.75 Å². The zero-order valence-electron chi connectivity index (χ0n) is 12.4. The van der Waals surface area contributed by atoms with Crippen molar-refractivity contribution in [2.75, 3.05) is 6.61 Å². The van der Waals surface area contributed by atoms with Crippen LogP contribution in [0.25, 0.3) is 0 Å². The molecule has 0 aliphatic heterocycles. The van der Waals surface area contributed by atoms with E-state index in [-0.39, 0.29) is 11.3 Å². The molecule has 0 aliphatic rings. The first-order chi connectivity index (χ1) is 10.0. The normalized spacial score (nSPS) is 10.1. The number of carbonyl (C=O) groups excluding carboxylic acids is 1. The molecule has 0 radical (unpaired) electrons. The Morgan fingerprint density at radius 2 is 1.71 bits per heavy atom. The molecule has 0 aromatic heterocycles. The van der Waals surface area contributed by atoms with E-state index in [0.717, 1.165) is 25.7 Å². The first-order valence-corrected chi connectivity index (χ1v) is 7.15. The molecule has 0 saturated carbocycles. The highest BCUT2D eigenvalue weighted by atomic mass is 16.5. The molecule has 1 aromatic rings. The summed E-state index contributed by atoms with van der Waals surface area (Å²) in [5.41, 5.74) is 0.882. The molecule has 1 N–H and O–H groups in total. The van der Waals surface area contributed by atoms with Crippen LogP contribution in [0.4, 0.5) is 0 Å². The molecule has 0 atom stereocenters. The zero-order chi connectivity index (χ0) is 15.7. The summed E-state index contributed by atoms with van der Waals surface area (Å²) < 4.78 is 5.53. The van der Waals surface area contributed by atoms with Gasteiger partial charge in [-0.2, -0.15) is 0 Å². The molecule has 0 unspecified atom stereocenters. The second-order valence-electron chi connectivity index (χ2n) is 5.05. The summed E-state index contributed by atoms with van der Waals surface area (Å²) in [6.07, 6.45) is 4.39. The average molecular weight is 290 g/mol. The van der Waals surface area contributed by atoms with Crippen LogP contribution in [0.2, 0.25) is 0 Å². The van der Waals surface area contributed by atoms with Crippen LogP contribution in [0.3, 0.4) is 0 Å². The Morgan fingerprint density at radius 1 is 1.10 bits per heavy atom. The lowest BCUT2D eigenvalue weighted by atomic mass is 10.1. The van der Waals surface area contributed by atoms with Crippen LogP contribution in [0.15, 0.2) is 36.4 Å². The third-order valence-electron chi connectivity index (χ3n) is 3.14. The van der Waals surface area contributed by atoms with Gasteiger partial charge in [0.05, 0.1) is 12.2 Å². The van der Waals surface area contributed by atoms with Gasteiger partial charge in [0.2, 0.25) is 0 Å². The van der Waals surface area contributed by atoms with Crippen molar-refractivity contribution in [2.24, 2.45) is 0 Å². The standard InChI is InChI=1S/C17H22O4/c1-13(2)16(18)7-5-3-4-6-12-21-15-10-8-14(9-11-15)17(19)20/h8-11H,1,3-7,12H2,2H3,(H,19,20). The molecule has 4 heteroatoms. The van der Waals surface area contributed by atoms with Gasteiger partial charge in [-0.25, -0.2) is 4.79 Å². The maximum Gasteiger partial charge on any atom is 0.335 e. The van der Waals surface area contributed by atoms with Crippen molar-refractivity contribution >= 4 is 11.8 Å². The lowest BCUT2D eigenvalue weighted by molar-refractivity contribution is -0.115. The Balaban J connectivity index is 2.10. The Morgan fingerprint density at radius 3 is 2.29 bits per heavy atom. The van der Waals surface area contributed by atoms with E-state index in [0.29, 0.717) is 24.4 Å². The Bertz CT molecular complexity index is 488. The maximum atomic E-state index is 11.3. The fraction of sp³-hybridized carbons (Fsp3) is 0.412. The van der Waals surface area contributed by atoms with E-state index in [4.69, 9.17) is 9.84 Å². The molecule has 0 fully saturated rings. The van der Waals surface area contributed by atoms with Gasteiger partial charge < -0.3 is 9.84 Å². The zero-order valence-corrected chi connectivity index (χ0v) is 12.4. The molecule has 0 saturated heterocycles. The molecule has 0 heterocycles. The Labute approximate surface area is 125 Å². The number of ether oxygens (including phenoxy) is 1. The smallest absolute Gasteiger partial charge is 0.335 e. The summed E-state index contributed by atoms with van der Waals surface area (Å²) in [6, 6.07) is 6.38. The van der Waals surface area contributed by atoms with E-state index >= 15 is 0 Å². The summed E-state index contributed by atoms with van der Waals surface area (Å²) in [5.74, 6) is -0.118. The minimum Gasteiger partial charge on any atom is -0.494 e. The number of rotatable bonds is 10. The Hall–Kier alpha value is -2.10. The van der Waals surface area contributed by atoms with Crippen LogP contribution in [-0.4, -0.2) is 23.5 Å². The van der Waals surface area contributed by atoms with Gasteiger partial charge in [0.1, 0.15) is 5.75 Å². The summed E-state index contributed by atoms with van der Waals surface area (Å²) in [7, 11) is 0. The molecule has 4 nitrogen and oxygen atoms in total. The van der Waals surface area contributed by atoms with Gasteiger partial charge in [-0.15, -0.1) is 0 Å². The molecular formula is C17H22O4. The SMILES string of the molecule is C=C(C)C(=O)CCCCCCOc1ccc(C(=O)O)cc1. The molecule has 1 aromatic carbocycles. The number of carboxylic acids is 1. The molecule has 0 spiro atoms. The van der Waals surface area contributed by atoms with Crippen molar-refractivity contribution in [3.8, 4) is 5.75 Å². The van der Waals surface area contributed by atoms with Gasteiger partial charge in [-0.3, -0.25) is 4.79 Å². The van der Waals surface area contributed by atoms with Crippen molar-refractivity contribution in [3.63, 3.8) is 0 Å². The Kier molecular flexibility index (Phi) is 7.23. The minimum absolute atomic E-state index is 0.143. The highest BCUT2D eigenvalue weighted by molar-refractivity contribution is 5.94. The van der Waals surface area contributed by atoms with Crippen molar-refractivity contribution < 1.29 is 19.4 Å². The van der Waals surface area contributed by atoms with E-state index in [9.17, 15) is 9.59 Å². The molecule has 1 rings (SSSR count). The fourth-order valence-corrected chi connectivity index (χ4v) is 1.84. The van der Waals surface area contributed by atoms with Crippen molar-refractivity contribution in [3.05, 3.63) is 42.0 Å². The number of hydrogen-bond donors (Lipinski definition) is 1. The van der Waals surface area contributed by atoms with Gasteiger partial charge in [0, 0.05) is 6.42 Å². The quantitative estimate of drug-likeness (QED) is 0.525. The van der Waals surface area contributed by atoms with E-state index in [1.807, 2.05) is 0 Å². The second kappa shape index (κ2) is 8.95. The summed E-state index contributed by atoms with van der Waals surface area (Å²) in [4.78, 5) is 22.0. The molecule has 0 aliphatic carbocycles. The van der Waals surface area contributed by atoms with Crippen LogP contribution in [0, 0.1) is 0 Å². The van der Waals surface area contributed by atoms with Gasteiger partial charge >= 0.3 is 5.97 Å². The molecule has 0 amide bonds. The fourth-order valence-electron chi connectivity index (χ4n) is 1.84. The summed E-state index contributed by atoms with van der Waals surface area (Å²) >= 11 is 0. The number of carbonyl (C=O) groups is 2. The van der Waals surface area contributed by atoms with Crippen LogP contribution < -0.4 is 4.74 Å². The number of hydrogen-bond acceptors (Lipinski definition) is 3. The molecule has 21 heavy (non-hydrogen) atoms. The number of allylic oxidation sites excluding steroid dienone is 1. The lowest BCUT2D eigenvalue weighted by Gasteiger charge is -2.06. The molecular weight excluding hydrogens is 268 g/mol. The predicted octanol–water partition coefficient (Wildman–Crippen LogP) is 3.86. The number of unbranched alkanes of at least 4 members (excludes halogenated alkanes) is 3. The van der Waals surface area contributed by atoms with Gasteiger partial charge in [-0.05, 0) is 49.6 Å². The maximum absolute atomic E-state index is 11.3. The molecule has 0 bridgehead atoms. The highest BCUT2D eigenvalue weighted by Crippen LogP contribution is 2.13. The number of benzene rings is 1. The number of Topliss-reactive ketones (excluding diaryl/α,β-unsaturated/α-hetero) is 1.